The Hall–Kier alpha value is -1.33. The van der Waals surface area contributed by atoms with Gasteiger partial charge in [-0.25, -0.2) is 0 Å². The molecule has 0 aromatic rings. The number of carbonyl (C=O) groups excluding carboxylic acids is 4. The normalized spacial score (nSPS) is 11.8. The molecule has 0 N–H and O–H groups in total. The number of ketones is 2. The molecule has 0 spiro atoms. The van der Waals surface area contributed by atoms with Crippen molar-refractivity contribution in [3.63, 3.8) is 0 Å². The van der Waals surface area contributed by atoms with E-state index >= 15 is 0 Å². The summed E-state index contributed by atoms with van der Waals surface area (Å²) in [6, 6.07) is 1.65. The fourth-order valence-electron chi connectivity index (χ4n) is 2.74. The van der Waals surface area contributed by atoms with Crippen molar-refractivity contribution < 1.29 is 32.8 Å². The van der Waals surface area contributed by atoms with E-state index in [0.29, 0.717) is 12.8 Å². The maximum Gasteiger partial charge on any atom is 0.313 e. The molecule has 0 rings (SSSR count). The van der Waals surface area contributed by atoms with Crippen molar-refractivity contribution in [3.05, 3.63) is 0 Å². The molecule has 7 nitrogen and oxygen atoms in total. The average Bonchev–Trinajstić information content (AvgIpc) is 2.45. The Bertz CT molecular complexity index is 490. The van der Waals surface area contributed by atoms with Crippen LogP contribution in [0.3, 0.4) is 0 Å². The highest BCUT2D eigenvalue weighted by molar-refractivity contribution is 6.84. The number of hydrogen-bond acceptors (Lipinski definition) is 7. The Labute approximate surface area is 164 Å². The second-order valence-electron chi connectivity index (χ2n) is 8.07. The Balaban J connectivity index is 4.42. The first-order chi connectivity index (χ1) is 12.3. The predicted octanol–water partition coefficient (Wildman–Crippen LogP) is 3.24. The lowest BCUT2D eigenvalue weighted by atomic mass is 10.3. The van der Waals surface area contributed by atoms with Crippen molar-refractivity contribution in [3.8, 4) is 0 Å². The van der Waals surface area contributed by atoms with Crippen LogP contribution in [0.4, 0.5) is 0 Å². The van der Waals surface area contributed by atoms with Crippen LogP contribution in [0.15, 0.2) is 0 Å². The topological polar surface area (TPSA) is 96.0 Å². The highest BCUT2D eigenvalue weighted by Crippen LogP contribution is 2.25. The molecule has 0 radical (unpaired) electrons. The number of rotatable bonds is 14. The smallest absolute Gasteiger partial charge is 0.313 e. The quantitative estimate of drug-likeness (QED) is 0.185. The average molecular weight is 419 g/mol. The van der Waals surface area contributed by atoms with Crippen LogP contribution in [0, 0.1) is 0 Å². The lowest BCUT2D eigenvalue weighted by Gasteiger charge is -2.34. The van der Waals surface area contributed by atoms with E-state index in [9.17, 15) is 19.2 Å². The molecule has 0 aliphatic carbocycles. The first-order valence-corrected chi connectivity index (χ1v) is 15.6. The Morgan fingerprint density at radius 1 is 0.704 bits per heavy atom. The summed E-state index contributed by atoms with van der Waals surface area (Å²) in [5, 5.41) is 0. The fraction of sp³-hybridized carbons (Fsp3) is 0.778. The molecule has 0 saturated carbocycles. The van der Waals surface area contributed by atoms with E-state index in [1.165, 1.54) is 13.8 Å². The van der Waals surface area contributed by atoms with Gasteiger partial charge in [0.15, 0.2) is 16.6 Å². The summed E-state index contributed by atoms with van der Waals surface area (Å²) in [4.78, 5) is 44.6. The molecular formula is C18H34O7Si2. The number of hydrogen-bond donors (Lipinski definition) is 0. The molecule has 156 valence electrons. The van der Waals surface area contributed by atoms with Crippen LogP contribution in [0.25, 0.3) is 0 Å². The first kappa shape index (κ1) is 25.7. The van der Waals surface area contributed by atoms with Crippen molar-refractivity contribution in [2.45, 2.75) is 77.8 Å². The number of esters is 2. The molecule has 0 bridgehead atoms. The molecular weight excluding hydrogens is 384 g/mol. The molecule has 9 heteroatoms. The van der Waals surface area contributed by atoms with Gasteiger partial charge in [-0.3, -0.25) is 19.2 Å². The van der Waals surface area contributed by atoms with Gasteiger partial charge in [-0.1, -0.05) is 0 Å². The zero-order valence-electron chi connectivity index (χ0n) is 17.5. The summed E-state index contributed by atoms with van der Waals surface area (Å²) in [7, 11) is -3.79. The van der Waals surface area contributed by atoms with Crippen LogP contribution < -0.4 is 0 Å². The van der Waals surface area contributed by atoms with Gasteiger partial charge < -0.3 is 13.6 Å². The molecule has 0 aromatic heterocycles. The lowest BCUT2D eigenvalue weighted by molar-refractivity contribution is -0.147. The van der Waals surface area contributed by atoms with Gasteiger partial charge in [0, 0.05) is 0 Å². The van der Waals surface area contributed by atoms with E-state index in [1.54, 1.807) is 0 Å². The number of Topliss-reactive ketones (excluding diaryl/α,β-unsaturated/α-hetero) is 2. The molecule has 0 heterocycles. The molecule has 0 aromatic carbocycles. The summed E-state index contributed by atoms with van der Waals surface area (Å²) >= 11 is 0. The zero-order valence-corrected chi connectivity index (χ0v) is 19.5. The minimum Gasteiger partial charge on any atom is -0.465 e. The van der Waals surface area contributed by atoms with Crippen LogP contribution in [0.1, 0.15) is 39.5 Å². The molecule has 0 aliphatic heterocycles. The van der Waals surface area contributed by atoms with Gasteiger partial charge in [0.25, 0.3) is 0 Å². The fourth-order valence-corrected chi connectivity index (χ4v) is 11.5. The van der Waals surface area contributed by atoms with E-state index in [4.69, 9.17) is 13.6 Å². The monoisotopic (exact) mass is 418 g/mol. The SMILES string of the molecule is CC(=O)CC(=O)OCCC[Si](C)(CCCOC(=O)CC(C)=O)O[Si](C)(C)C. The van der Waals surface area contributed by atoms with Gasteiger partial charge in [-0.15, -0.1) is 0 Å². The first-order valence-electron chi connectivity index (χ1n) is 9.33. The van der Waals surface area contributed by atoms with Crippen LogP contribution in [-0.4, -0.2) is 53.4 Å². The van der Waals surface area contributed by atoms with Crippen molar-refractivity contribution >= 4 is 40.1 Å². The summed E-state index contributed by atoms with van der Waals surface area (Å²) in [6.45, 7) is 11.8. The van der Waals surface area contributed by atoms with E-state index in [1.807, 2.05) is 0 Å². The minimum absolute atomic E-state index is 0.189. The maximum absolute atomic E-state index is 11.4. The van der Waals surface area contributed by atoms with Crippen LogP contribution in [-0.2, 0) is 32.8 Å². The highest BCUT2D eigenvalue weighted by Gasteiger charge is 2.33. The lowest BCUT2D eigenvalue weighted by Crippen LogP contribution is -2.44. The molecule has 0 unspecified atom stereocenters. The molecule has 0 amide bonds. The summed E-state index contributed by atoms with van der Waals surface area (Å²) in [5.74, 6) is -1.40. The molecule has 0 fully saturated rings. The summed E-state index contributed by atoms with van der Waals surface area (Å²) in [5.41, 5.74) is 0. The van der Waals surface area contributed by atoms with Crippen LogP contribution in [0.2, 0.25) is 38.3 Å². The largest absolute Gasteiger partial charge is 0.465 e. The summed E-state index contributed by atoms with van der Waals surface area (Å²) in [6.07, 6.45) is 0.986. The Morgan fingerprint density at radius 2 is 1.07 bits per heavy atom. The Morgan fingerprint density at radius 3 is 1.37 bits per heavy atom. The standard InChI is InChI=1S/C18H34O7Si2/c1-15(19)13-17(21)23-9-7-11-27(6,25-26(3,4)5)12-8-10-24-18(22)14-16(2)20/h7-14H2,1-6H3. The molecule has 0 saturated heterocycles. The van der Waals surface area contributed by atoms with E-state index in [2.05, 4.69) is 26.2 Å². The van der Waals surface area contributed by atoms with Crippen molar-refractivity contribution in [2.75, 3.05) is 13.2 Å². The molecule has 0 atom stereocenters. The number of ether oxygens (including phenoxy) is 2. The van der Waals surface area contributed by atoms with Gasteiger partial charge in [-0.2, -0.15) is 0 Å². The second-order valence-corrected chi connectivity index (χ2v) is 17.0. The van der Waals surface area contributed by atoms with Crippen LogP contribution >= 0.6 is 0 Å². The van der Waals surface area contributed by atoms with Gasteiger partial charge in [0.1, 0.15) is 24.4 Å². The van der Waals surface area contributed by atoms with Crippen LogP contribution in [0.5, 0.6) is 0 Å². The predicted molar refractivity (Wildman–Crippen MR) is 107 cm³/mol. The molecule has 0 aliphatic rings. The van der Waals surface area contributed by atoms with Gasteiger partial charge in [-0.05, 0) is 65.0 Å². The molecule has 27 heavy (non-hydrogen) atoms. The van der Waals surface area contributed by atoms with Gasteiger partial charge in [0.2, 0.25) is 0 Å². The van der Waals surface area contributed by atoms with Crippen molar-refractivity contribution in [1.82, 2.24) is 0 Å². The van der Waals surface area contributed by atoms with Crippen molar-refractivity contribution in [2.24, 2.45) is 0 Å². The van der Waals surface area contributed by atoms with Gasteiger partial charge >= 0.3 is 11.9 Å². The van der Waals surface area contributed by atoms with Gasteiger partial charge in [0.05, 0.1) is 13.2 Å². The zero-order chi connectivity index (χ0) is 21.1. The third-order valence-corrected chi connectivity index (χ3v) is 10.8. The maximum atomic E-state index is 11.4. The van der Waals surface area contributed by atoms with Crippen molar-refractivity contribution in [1.29, 1.82) is 0 Å². The Kier molecular flexibility index (Phi) is 11.6. The second kappa shape index (κ2) is 12.2. The summed E-state index contributed by atoms with van der Waals surface area (Å²) < 4.78 is 16.6. The number of carbonyl (C=O) groups is 4. The third kappa shape index (κ3) is 15.4. The minimum atomic E-state index is -2.05. The van der Waals surface area contributed by atoms with E-state index in [-0.39, 0.29) is 37.6 Å². The third-order valence-electron chi connectivity index (χ3n) is 3.57. The van der Waals surface area contributed by atoms with E-state index in [0.717, 1.165) is 12.1 Å². The van der Waals surface area contributed by atoms with E-state index < -0.39 is 28.6 Å². The highest BCUT2D eigenvalue weighted by atomic mass is 28.4.